The van der Waals surface area contributed by atoms with Crippen LogP contribution in [0.2, 0.25) is 5.02 Å². The van der Waals surface area contributed by atoms with Crippen LogP contribution in [0.4, 0.5) is 0 Å². The van der Waals surface area contributed by atoms with Gasteiger partial charge in [0.1, 0.15) is 17.2 Å². The molecule has 0 fully saturated rings. The summed E-state index contributed by atoms with van der Waals surface area (Å²) in [7, 11) is 1.66. The number of benzene rings is 2. The van der Waals surface area contributed by atoms with E-state index in [0.717, 1.165) is 41.7 Å². The number of thioether (sulfide) groups is 1. The van der Waals surface area contributed by atoms with Crippen molar-refractivity contribution in [3.63, 3.8) is 0 Å². The molecule has 172 valence electrons. The molecule has 0 aliphatic carbocycles. The number of hydrogen-bond donors (Lipinski definition) is 0. The number of hydrogen-bond acceptors (Lipinski definition) is 6. The third-order valence-electron chi connectivity index (χ3n) is 4.78. The molecular formula is C26H25ClNNaO4S. The average molecular weight is 506 g/mol. The average Bonchev–Trinajstić information content (AvgIpc) is 2.82. The Morgan fingerprint density at radius 2 is 1.91 bits per heavy atom. The van der Waals surface area contributed by atoms with E-state index in [2.05, 4.69) is 17.1 Å². The van der Waals surface area contributed by atoms with Gasteiger partial charge in [-0.25, -0.2) is 4.98 Å². The summed E-state index contributed by atoms with van der Waals surface area (Å²) in [5, 5.41) is 11.6. The van der Waals surface area contributed by atoms with Crippen molar-refractivity contribution in [2.75, 3.05) is 13.7 Å². The number of carbonyl (C=O) groups excluding carboxylic acids is 1. The number of aryl methyl sites for hydroxylation is 1. The summed E-state index contributed by atoms with van der Waals surface area (Å²) < 4.78 is 11.1. The van der Waals surface area contributed by atoms with Gasteiger partial charge in [-0.2, -0.15) is 0 Å². The maximum absolute atomic E-state index is 10.9. The molecular weight excluding hydrogens is 481 g/mol. The first-order chi connectivity index (χ1) is 16.0. The molecule has 0 aliphatic heterocycles. The zero-order valence-electron chi connectivity index (χ0n) is 19.3. The number of pyridine rings is 1. The third-order valence-corrected chi connectivity index (χ3v) is 6.04. The SMILES string of the molecule is COc1ccc(CCCCOc2ccc(CSc3cccc(Cl)c3)nc2/C=C/C(=O)[O-])cc1.[Na+]. The van der Waals surface area contributed by atoms with Crippen LogP contribution in [-0.4, -0.2) is 24.7 Å². The van der Waals surface area contributed by atoms with E-state index in [1.54, 1.807) is 18.9 Å². The Bertz CT molecular complexity index is 1090. The smallest absolute Gasteiger partial charge is 0.545 e. The second-order valence-electron chi connectivity index (χ2n) is 7.24. The first-order valence-electron chi connectivity index (χ1n) is 10.6. The minimum absolute atomic E-state index is 0. The molecule has 0 saturated heterocycles. The maximum Gasteiger partial charge on any atom is 1.00 e. The number of carboxylic acid groups (broad SMARTS) is 1. The second kappa shape index (κ2) is 15.1. The van der Waals surface area contributed by atoms with Crippen molar-refractivity contribution >= 4 is 35.4 Å². The fourth-order valence-electron chi connectivity index (χ4n) is 3.09. The van der Waals surface area contributed by atoms with Crippen molar-refractivity contribution in [1.82, 2.24) is 4.98 Å². The molecule has 8 heteroatoms. The fourth-order valence-corrected chi connectivity index (χ4v) is 4.21. The Morgan fingerprint density at radius 3 is 2.62 bits per heavy atom. The van der Waals surface area contributed by atoms with Crippen molar-refractivity contribution in [2.45, 2.75) is 29.9 Å². The molecule has 0 aliphatic rings. The summed E-state index contributed by atoms with van der Waals surface area (Å²) in [6.07, 6.45) is 5.16. The van der Waals surface area contributed by atoms with Gasteiger partial charge in [-0.3, -0.25) is 0 Å². The van der Waals surface area contributed by atoms with Crippen LogP contribution in [-0.2, 0) is 17.0 Å². The summed E-state index contributed by atoms with van der Waals surface area (Å²) in [5.74, 6) is 0.741. The van der Waals surface area contributed by atoms with Gasteiger partial charge in [0.05, 0.1) is 25.4 Å². The van der Waals surface area contributed by atoms with Gasteiger partial charge in [-0.1, -0.05) is 29.8 Å². The predicted octanol–water partition coefficient (Wildman–Crippen LogP) is 2.20. The topological polar surface area (TPSA) is 71.5 Å². The van der Waals surface area contributed by atoms with E-state index >= 15 is 0 Å². The van der Waals surface area contributed by atoms with Crippen LogP contribution in [0.3, 0.4) is 0 Å². The molecule has 1 heterocycles. The zero-order chi connectivity index (χ0) is 23.5. The van der Waals surface area contributed by atoms with E-state index in [0.29, 0.717) is 28.8 Å². The van der Waals surface area contributed by atoms with Crippen LogP contribution in [0.25, 0.3) is 6.08 Å². The molecule has 5 nitrogen and oxygen atoms in total. The van der Waals surface area contributed by atoms with Crippen molar-refractivity contribution < 1.29 is 48.9 Å². The number of carboxylic acids is 1. The Balaban J connectivity index is 0.00000408. The van der Waals surface area contributed by atoms with Gasteiger partial charge in [-0.05, 0) is 79.4 Å². The number of ether oxygens (including phenoxy) is 2. The van der Waals surface area contributed by atoms with E-state index in [4.69, 9.17) is 21.1 Å². The van der Waals surface area contributed by atoms with Gasteiger partial charge < -0.3 is 19.4 Å². The van der Waals surface area contributed by atoms with Crippen LogP contribution in [0.15, 0.2) is 71.6 Å². The zero-order valence-corrected chi connectivity index (χ0v) is 22.9. The van der Waals surface area contributed by atoms with E-state index in [-0.39, 0.29) is 29.6 Å². The van der Waals surface area contributed by atoms with Gasteiger partial charge in [0.2, 0.25) is 0 Å². The molecule has 2 aromatic carbocycles. The molecule has 3 aromatic rings. The van der Waals surface area contributed by atoms with Crippen molar-refractivity contribution in [2.24, 2.45) is 0 Å². The third kappa shape index (κ3) is 9.72. The largest absolute Gasteiger partial charge is 1.00 e. The number of nitrogens with zero attached hydrogens (tertiary/aromatic N) is 1. The Labute approximate surface area is 231 Å². The number of unbranched alkanes of at least 4 members (excludes halogenated alkanes) is 1. The summed E-state index contributed by atoms with van der Waals surface area (Å²) in [6.45, 7) is 0.514. The van der Waals surface area contributed by atoms with E-state index in [1.165, 1.54) is 11.6 Å². The Morgan fingerprint density at radius 1 is 1.12 bits per heavy atom. The second-order valence-corrected chi connectivity index (χ2v) is 8.72. The Hall–Kier alpha value is -1.96. The van der Waals surface area contributed by atoms with Crippen LogP contribution < -0.4 is 44.1 Å². The summed E-state index contributed by atoms with van der Waals surface area (Å²) in [6, 6.07) is 19.4. The van der Waals surface area contributed by atoms with Crippen molar-refractivity contribution in [1.29, 1.82) is 0 Å². The molecule has 0 spiro atoms. The van der Waals surface area contributed by atoms with Gasteiger partial charge in [0.25, 0.3) is 0 Å². The van der Waals surface area contributed by atoms with Crippen LogP contribution in [0.1, 0.15) is 29.8 Å². The number of rotatable bonds is 12. The van der Waals surface area contributed by atoms with E-state index < -0.39 is 5.97 Å². The van der Waals surface area contributed by atoms with Gasteiger partial charge >= 0.3 is 29.6 Å². The molecule has 0 amide bonds. The van der Waals surface area contributed by atoms with Gasteiger partial charge in [-0.15, -0.1) is 11.8 Å². The predicted molar refractivity (Wildman–Crippen MR) is 131 cm³/mol. The van der Waals surface area contributed by atoms with Crippen molar-refractivity contribution in [3.8, 4) is 11.5 Å². The summed E-state index contributed by atoms with van der Waals surface area (Å²) in [5.41, 5.74) is 2.53. The minimum atomic E-state index is -1.28. The normalized spacial score (nSPS) is 10.6. The van der Waals surface area contributed by atoms with Crippen molar-refractivity contribution in [3.05, 3.63) is 88.7 Å². The van der Waals surface area contributed by atoms with Crippen LogP contribution in [0.5, 0.6) is 11.5 Å². The van der Waals surface area contributed by atoms with Crippen LogP contribution in [0, 0.1) is 0 Å². The van der Waals surface area contributed by atoms with Gasteiger partial charge in [0, 0.05) is 15.7 Å². The van der Waals surface area contributed by atoms with Gasteiger partial charge in [0.15, 0.2) is 0 Å². The molecule has 0 atom stereocenters. The van der Waals surface area contributed by atoms with E-state index in [9.17, 15) is 9.90 Å². The monoisotopic (exact) mass is 505 g/mol. The molecule has 0 unspecified atom stereocenters. The van der Waals surface area contributed by atoms with E-state index in [1.807, 2.05) is 48.5 Å². The molecule has 1 aromatic heterocycles. The number of carbonyl (C=O) groups is 1. The number of aromatic nitrogens is 1. The standard InChI is InChI=1S/C26H26ClNO4S.Na/c1-31-22-11-8-19(9-12-22)5-2-3-16-32-25-14-10-21(28-24(25)13-15-26(29)30)18-33-23-7-4-6-20(27)17-23;/h4,6-15,17H,2-3,5,16,18H2,1H3,(H,29,30);/q;+1/p-1/b15-13+;. The minimum Gasteiger partial charge on any atom is -0.545 e. The molecule has 0 N–H and O–H groups in total. The number of aliphatic carboxylic acids is 1. The quantitative estimate of drug-likeness (QED) is 0.163. The Kier molecular flexibility index (Phi) is 12.6. The number of methoxy groups -OCH3 is 1. The van der Waals surface area contributed by atoms with Crippen LogP contribution >= 0.6 is 23.4 Å². The molecule has 0 saturated carbocycles. The summed E-state index contributed by atoms with van der Waals surface area (Å²) in [4.78, 5) is 16.5. The fraction of sp³-hybridized carbons (Fsp3) is 0.231. The summed E-state index contributed by atoms with van der Waals surface area (Å²) >= 11 is 7.64. The molecule has 0 bridgehead atoms. The number of halogens is 1. The molecule has 34 heavy (non-hydrogen) atoms. The molecule has 0 radical (unpaired) electrons. The molecule has 3 rings (SSSR count). The first-order valence-corrected chi connectivity index (χ1v) is 11.9. The first kappa shape index (κ1) is 28.3. The maximum atomic E-state index is 10.9.